The molecule has 2 aliphatic rings. The average Bonchev–Trinajstić information content (AvgIpc) is 3.50. The van der Waals surface area contributed by atoms with Crippen molar-refractivity contribution < 1.29 is 19.1 Å². The summed E-state index contributed by atoms with van der Waals surface area (Å²) in [4.78, 5) is 45.8. The maximum absolute atomic E-state index is 13.6. The number of hydrogen-bond acceptors (Lipinski definition) is 5. The van der Waals surface area contributed by atoms with E-state index >= 15 is 0 Å². The van der Waals surface area contributed by atoms with E-state index in [1.54, 1.807) is 23.5 Å². The van der Waals surface area contributed by atoms with Crippen molar-refractivity contribution in [3.8, 4) is 5.75 Å². The van der Waals surface area contributed by atoms with Gasteiger partial charge in [-0.1, -0.05) is 31.9 Å². The van der Waals surface area contributed by atoms with Crippen molar-refractivity contribution in [2.75, 3.05) is 13.7 Å². The Labute approximate surface area is 199 Å². The van der Waals surface area contributed by atoms with Crippen LogP contribution in [0.4, 0.5) is 0 Å². The highest BCUT2D eigenvalue weighted by Gasteiger charge is 2.48. The lowest BCUT2D eigenvalue weighted by atomic mass is 9.93. The maximum atomic E-state index is 13.6. The van der Waals surface area contributed by atoms with Crippen LogP contribution in [-0.2, 0) is 17.9 Å². The smallest absolute Gasteiger partial charge is 0.273 e. The van der Waals surface area contributed by atoms with Crippen LogP contribution < -0.4 is 15.4 Å². The Hall–Kier alpha value is -3.36. The molecule has 9 heteroatoms. The molecule has 4 rings (SSSR count). The molecule has 2 aromatic rings. The lowest BCUT2D eigenvalue weighted by Crippen LogP contribution is -2.65. The monoisotopic (exact) mass is 467 g/mol. The van der Waals surface area contributed by atoms with Gasteiger partial charge >= 0.3 is 0 Å². The Bertz CT molecular complexity index is 1080. The second-order valence-corrected chi connectivity index (χ2v) is 9.29. The predicted octanol–water partition coefficient (Wildman–Crippen LogP) is 2.51. The molecule has 0 bridgehead atoms. The number of carbonyl (C=O) groups excluding carboxylic acids is 3. The van der Waals surface area contributed by atoms with Gasteiger partial charge < -0.3 is 24.8 Å². The fraction of sp³-hybridized carbons (Fsp3) is 0.520. The number of benzene rings is 1. The van der Waals surface area contributed by atoms with Gasteiger partial charge in [0.1, 0.15) is 17.0 Å². The highest BCUT2D eigenvalue weighted by atomic mass is 16.5. The molecule has 0 spiro atoms. The molecule has 0 radical (unpaired) electrons. The molecule has 9 nitrogen and oxygen atoms in total. The molecule has 1 aromatic heterocycles. The standard InChI is InChI=1S/C25H33N5O4/c1-4-12-30-23(32)21-20(22(31)26-14-17-8-7-11-19(13-17)34-3)27-16-29(21)15-25(30,2)24(33)28-18-9-5-6-10-18/h7-8,11,13,16,18H,4-6,9-10,12,14-15H2,1-3H3,(H,26,31)(H,28,33)/t25-/m1/s1. The van der Waals surface area contributed by atoms with E-state index in [0.29, 0.717) is 18.7 Å². The number of ether oxygens (including phenoxy) is 1. The average molecular weight is 468 g/mol. The lowest BCUT2D eigenvalue weighted by molar-refractivity contribution is -0.133. The summed E-state index contributed by atoms with van der Waals surface area (Å²) in [5.74, 6) is -0.224. The molecular weight excluding hydrogens is 434 g/mol. The Balaban J connectivity index is 1.55. The number of imidazole rings is 1. The first-order valence-corrected chi connectivity index (χ1v) is 12.0. The molecule has 1 atom stereocenters. The summed E-state index contributed by atoms with van der Waals surface area (Å²) in [5, 5.41) is 5.99. The predicted molar refractivity (Wildman–Crippen MR) is 127 cm³/mol. The second-order valence-electron chi connectivity index (χ2n) is 9.29. The van der Waals surface area contributed by atoms with Gasteiger partial charge in [0.05, 0.1) is 20.0 Å². The summed E-state index contributed by atoms with van der Waals surface area (Å²) >= 11 is 0. The minimum Gasteiger partial charge on any atom is -0.497 e. The van der Waals surface area contributed by atoms with E-state index in [0.717, 1.165) is 31.2 Å². The third kappa shape index (κ3) is 4.51. The minimum absolute atomic E-state index is 0.0762. The molecule has 182 valence electrons. The van der Waals surface area contributed by atoms with Crippen LogP contribution in [0.1, 0.15) is 72.5 Å². The van der Waals surface area contributed by atoms with Crippen LogP contribution in [0.15, 0.2) is 30.6 Å². The maximum Gasteiger partial charge on any atom is 0.273 e. The Morgan fingerprint density at radius 2 is 2.03 bits per heavy atom. The third-order valence-corrected chi connectivity index (χ3v) is 6.79. The van der Waals surface area contributed by atoms with Crippen molar-refractivity contribution in [3.05, 3.63) is 47.5 Å². The van der Waals surface area contributed by atoms with Gasteiger partial charge in [-0.15, -0.1) is 0 Å². The summed E-state index contributed by atoms with van der Waals surface area (Å²) in [6.45, 7) is 4.72. The zero-order valence-corrected chi connectivity index (χ0v) is 20.1. The lowest BCUT2D eigenvalue weighted by Gasteiger charge is -2.44. The van der Waals surface area contributed by atoms with Crippen LogP contribution in [0.3, 0.4) is 0 Å². The van der Waals surface area contributed by atoms with Crippen LogP contribution in [0, 0.1) is 0 Å². The second kappa shape index (κ2) is 9.87. The highest BCUT2D eigenvalue weighted by molar-refractivity contribution is 6.07. The van der Waals surface area contributed by atoms with Crippen molar-refractivity contribution in [1.29, 1.82) is 0 Å². The Kier molecular flexibility index (Phi) is 6.90. The van der Waals surface area contributed by atoms with Gasteiger partial charge in [0.2, 0.25) is 5.91 Å². The Morgan fingerprint density at radius 3 is 2.74 bits per heavy atom. The summed E-state index contributed by atoms with van der Waals surface area (Å²) in [6, 6.07) is 7.56. The van der Waals surface area contributed by atoms with E-state index in [1.807, 2.05) is 31.2 Å². The van der Waals surface area contributed by atoms with Gasteiger partial charge in [-0.2, -0.15) is 0 Å². The number of methoxy groups -OCH3 is 1. The van der Waals surface area contributed by atoms with Crippen molar-refractivity contribution in [3.63, 3.8) is 0 Å². The van der Waals surface area contributed by atoms with Gasteiger partial charge in [0.15, 0.2) is 5.69 Å². The molecule has 1 aliphatic heterocycles. The number of fused-ring (bicyclic) bond motifs is 1. The van der Waals surface area contributed by atoms with Gasteiger partial charge in [0, 0.05) is 19.1 Å². The van der Waals surface area contributed by atoms with Crippen LogP contribution >= 0.6 is 0 Å². The molecule has 2 N–H and O–H groups in total. The molecule has 0 saturated heterocycles. The molecule has 1 aromatic carbocycles. The van der Waals surface area contributed by atoms with Crippen LogP contribution in [-0.4, -0.2) is 57.4 Å². The normalized spacial score (nSPS) is 20.2. The largest absolute Gasteiger partial charge is 0.497 e. The number of aromatic nitrogens is 2. The quantitative estimate of drug-likeness (QED) is 0.621. The molecule has 34 heavy (non-hydrogen) atoms. The molecule has 1 aliphatic carbocycles. The van der Waals surface area contributed by atoms with E-state index in [-0.39, 0.29) is 42.3 Å². The van der Waals surface area contributed by atoms with Gasteiger partial charge in [-0.3, -0.25) is 14.4 Å². The van der Waals surface area contributed by atoms with E-state index in [4.69, 9.17) is 4.74 Å². The topological polar surface area (TPSA) is 106 Å². The minimum atomic E-state index is -1.04. The van der Waals surface area contributed by atoms with E-state index in [2.05, 4.69) is 15.6 Å². The molecule has 2 heterocycles. The van der Waals surface area contributed by atoms with Crippen LogP contribution in [0.25, 0.3) is 0 Å². The fourth-order valence-electron chi connectivity index (χ4n) is 4.89. The molecule has 3 amide bonds. The summed E-state index contributed by atoms with van der Waals surface area (Å²) in [5.41, 5.74) is 0.128. The van der Waals surface area contributed by atoms with Gasteiger partial charge in [-0.25, -0.2) is 4.98 Å². The van der Waals surface area contributed by atoms with E-state index in [9.17, 15) is 14.4 Å². The number of rotatable bonds is 8. The number of hydrogen-bond donors (Lipinski definition) is 2. The highest BCUT2D eigenvalue weighted by Crippen LogP contribution is 2.30. The van der Waals surface area contributed by atoms with Crippen molar-refractivity contribution in [1.82, 2.24) is 25.1 Å². The van der Waals surface area contributed by atoms with Crippen LogP contribution in [0.2, 0.25) is 0 Å². The SMILES string of the molecule is CCCN1C(=O)c2c(C(=O)NCc3cccc(OC)c3)ncn2C[C@]1(C)C(=O)NC1CCCC1. The summed E-state index contributed by atoms with van der Waals surface area (Å²) in [6.07, 6.45) is 6.34. The number of carbonyl (C=O) groups is 3. The van der Waals surface area contributed by atoms with E-state index < -0.39 is 11.4 Å². The van der Waals surface area contributed by atoms with Gasteiger partial charge in [0.25, 0.3) is 11.8 Å². The third-order valence-electron chi connectivity index (χ3n) is 6.79. The first-order valence-electron chi connectivity index (χ1n) is 12.0. The molecule has 1 fully saturated rings. The van der Waals surface area contributed by atoms with Crippen molar-refractivity contribution >= 4 is 17.7 Å². The zero-order valence-electron chi connectivity index (χ0n) is 20.1. The number of nitrogens with one attached hydrogen (secondary N) is 2. The molecular formula is C25H33N5O4. The summed E-state index contributed by atoms with van der Waals surface area (Å²) < 4.78 is 6.87. The fourth-order valence-corrected chi connectivity index (χ4v) is 4.89. The molecule has 1 saturated carbocycles. The van der Waals surface area contributed by atoms with Crippen LogP contribution in [0.5, 0.6) is 5.75 Å². The first-order chi connectivity index (χ1) is 16.4. The Morgan fingerprint density at radius 1 is 1.26 bits per heavy atom. The molecule has 0 unspecified atom stereocenters. The number of amides is 3. The first kappa shape index (κ1) is 23.8. The summed E-state index contributed by atoms with van der Waals surface area (Å²) in [7, 11) is 1.59. The zero-order chi connectivity index (χ0) is 24.3. The number of nitrogens with zero attached hydrogens (tertiary/aromatic N) is 3. The van der Waals surface area contributed by atoms with Gasteiger partial charge in [-0.05, 0) is 43.9 Å². The van der Waals surface area contributed by atoms with E-state index in [1.165, 1.54) is 6.33 Å². The van der Waals surface area contributed by atoms with Crippen molar-refractivity contribution in [2.45, 2.75) is 70.6 Å². The van der Waals surface area contributed by atoms with Crippen molar-refractivity contribution in [2.24, 2.45) is 0 Å².